The molecule has 0 unspecified atom stereocenters. The quantitative estimate of drug-likeness (QED) is 0.308. The molecule has 5 heteroatoms. The number of nitrogens with zero attached hydrogens (tertiary/aromatic N) is 3. The number of hydrogen-bond donors (Lipinski definition) is 0. The Balaban J connectivity index is 1.86. The van der Waals surface area contributed by atoms with Crippen LogP contribution in [0, 0.1) is 0 Å². The fourth-order valence-electron chi connectivity index (χ4n) is 4.33. The normalized spacial score (nSPS) is 14.9. The number of aliphatic imine (C=N–C) groups is 1. The predicted octanol–water partition coefficient (Wildman–Crippen LogP) is 5.33. The third-order valence-corrected chi connectivity index (χ3v) is 7.24. The molecule has 0 aromatic heterocycles. The Labute approximate surface area is 199 Å². The first kappa shape index (κ1) is 21.7. The zero-order valence-corrected chi connectivity index (χ0v) is 21.0. The summed E-state index contributed by atoms with van der Waals surface area (Å²) in [4.78, 5) is 8.19. The lowest BCUT2D eigenvalue weighted by Crippen LogP contribution is -2.24. The van der Waals surface area contributed by atoms with Crippen molar-refractivity contribution in [3.05, 3.63) is 71.6 Å². The first-order chi connectivity index (χ1) is 15.7. The van der Waals surface area contributed by atoms with Gasteiger partial charge in [0.25, 0.3) is 0 Å². The number of ether oxygens (including phenoxy) is 1. The number of hydrogen-bond acceptors (Lipinski definition) is 4. The van der Waals surface area contributed by atoms with Crippen molar-refractivity contribution in [2.24, 2.45) is 4.99 Å². The van der Waals surface area contributed by atoms with E-state index in [9.17, 15) is 0 Å². The predicted molar refractivity (Wildman–Crippen MR) is 142 cm³/mol. The fourth-order valence-corrected chi connectivity index (χ4v) is 5.49. The van der Waals surface area contributed by atoms with Crippen LogP contribution in [-0.4, -0.2) is 46.2 Å². The van der Waals surface area contributed by atoms with Gasteiger partial charge in [0.1, 0.15) is 19.7 Å². The van der Waals surface area contributed by atoms with Gasteiger partial charge in [-0.15, -0.1) is 11.3 Å². The minimum absolute atomic E-state index is 0.271. The highest BCUT2D eigenvalue weighted by molar-refractivity contribution is 7.21. The lowest BCUT2D eigenvalue weighted by molar-refractivity contribution is 0.131. The van der Waals surface area contributed by atoms with Crippen molar-refractivity contribution >= 4 is 33.0 Å². The van der Waals surface area contributed by atoms with Gasteiger partial charge in [-0.25, -0.2) is 9.57 Å². The van der Waals surface area contributed by atoms with Crippen LogP contribution < -0.4 is 14.8 Å². The zero-order chi connectivity index (χ0) is 23.3. The second-order valence-electron chi connectivity index (χ2n) is 9.66. The Hall–Kier alpha value is -3.18. The largest absolute Gasteiger partial charge is 0.469 e. The van der Waals surface area contributed by atoms with Crippen LogP contribution in [0.4, 0.5) is 5.69 Å². The molecule has 0 N–H and O–H groups in total. The van der Waals surface area contributed by atoms with Crippen LogP contribution in [-0.2, 0) is 4.74 Å². The Morgan fingerprint density at radius 3 is 2.36 bits per heavy atom. The molecule has 0 spiro atoms. The van der Waals surface area contributed by atoms with E-state index in [1.807, 2.05) is 11.3 Å². The molecule has 3 aliphatic rings. The van der Waals surface area contributed by atoms with Crippen LogP contribution in [0.15, 0.2) is 65.7 Å². The van der Waals surface area contributed by atoms with E-state index >= 15 is 0 Å². The summed E-state index contributed by atoms with van der Waals surface area (Å²) < 4.78 is 9.69. The summed E-state index contributed by atoms with van der Waals surface area (Å²) in [6, 6.07) is 22.0. The van der Waals surface area contributed by atoms with E-state index in [2.05, 4.69) is 112 Å². The molecule has 2 aromatic carbocycles. The summed E-state index contributed by atoms with van der Waals surface area (Å²) in [7, 11) is 8.35. The molecule has 2 aliphatic heterocycles. The maximum Gasteiger partial charge on any atom is 0.217 e. The van der Waals surface area contributed by atoms with Crippen LogP contribution in [0.1, 0.15) is 19.4 Å². The van der Waals surface area contributed by atoms with E-state index in [1.54, 1.807) is 0 Å². The first-order valence-corrected chi connectivity index (χ1v) is 12.1. The molecule has 5 rings (SSSR count). The lowest BCUT2D eigenvalue weighted by Gasteiger charge is -2.21. The molecular formula is C28H30N3OS+. The van der Waals surface area contributed by atoms with Crippen molar-refractivity contribution in [1.82, 2.24) is 4.58 Å². The standard InChI is InChI=1S/C28H30N3OS/c1-28(2)17-29-27(32-28)21-10-8-7-9-20(21)26-22-13-11-18(30(3)4)15-24(22)33-25-16-19(31(5)6)12-14-23(25)26/h7-16H,17H2,1-6H3/q+1. The van der Waals surface area contributed by atoms with Gasteiger partial charge >= 0.3 is 0 Å². The zero-order valence-electron chi connectivity index (χ0n) is 20.1. The van der Waals surface area contributed by atoms with Gasteiger partial charge in [0, 0.05) is 58.0 Å². The average molecular weight is 457 g/mol. The Bertz CT molecular complexity index is 1440. The van der Waals surface area contributed by atoms with Crippen molar-refractivity contribution in [2.45, 2.75) is 19.4 Å². The molecule has 2 heterocycles. The van der Waals surface area contributed by atoms with E-state index in [-0.39, 0.29) is 5.60 Å². The van der Waals surface area contributed by atoms with Gasteiger partial charge in [0.15, 0.2) is 0 Å². The molecule has 0 atom stereocenters. The van der Waals surface area contributed by atoms with Crippen LogP contribution in [0.3, 0.4) is 0 Å². The summed E-state index contributed by atoms with van der Waals surface area (Å²) in [5.41, 5.74) is 5.63. The number of benzene rings is 3. The molecule has 0 saturated carbocycles. The van der Waals surface area contributed by atoms with E-state index in [0.29, 0.717) is 6.54 Å². The van der Waals surface area contributed by atoms with E-state index in [4.69, 9.17) is 9.73 Å². The Kier molecular flexibility index (Phi) is 5.25. The molecule has 2 aromatic rings. The van der Waals surface area contributed by atoms with Crippen molar-refractivity contribution in [2.75, 3.05) is 39.6 Å². The molecule has 0 saturated heterocycles. The van der Waals surface area contributed by atoms with E-state index in [1.165, 1.54) is 37.1 Å². The van der Waals surface area contributed by atoms with Crippen LogP contribution in [0.25, 0.3) is 31.7 Å². The molecule has 1 aliphatic carbocycles. The average Bonchev–Trinajstić information content (AvgIpc) is 3.16. The number of anilines is 1. The second kappa shape index (κ2) is 7.99. The van der Waals surface area contributed by atoms with Crippen LogP contribution in [0.5, 0.6) is 0 Å². The number of rotatable bonds is 3. The highest BCUT2D eigenvalue weighted by Crippen LogP contribution is 2.45. The second-order valence-corrected chi connectivity index (χ2v) is 10.7. The van der Waals surface area contributed by atoms with Crippen LogP contribution >= 0.6 is 11.3 Å². The summed E-state index contributed by atoms with van der Waals surface area (Å²) in [5, 5.41) is 2.45. The van der Waals surface area contributed by atoms with Crippen LogP contribution in [0.2, 0.25) is 0 Å². The van der Waals surface area contributed by atoms with Crippen molar-refractivity contribution in [3.8, 4) is 21.6 Å². The Morgan fingerprint density at radius 1 is 0.939 bits per heavy atom. The first-order valence-electron chi connectivity index (χ1n) is 11.2. The van der Waals surface area contributed by atoms with E-state index in [0.717, 1.165) is 17.0 Å². The minimum Gasteiger partial charge on any atom is -0.469 e. The molecular weight excluding hydrogens is 426 g/mol. The lowest BCUT2D eigenvalue weighted by atomic mass is 9.92. The fraction of sp³-hybridized carbons (Fsp3) is 0.286. The Morgan fingerprint density at radius 2 is 1.70 bits per heavy atom. The summed E-state index contributed by atoms with van der Waals surface area (Å²) in [6.07, 6.45) is 0. The van der Waals surface area contributed by atoms with Gasteiger partial charge in [-0.1, -0.05) is 24.3 Å². The maximum absolute atomic E-state index is 6.26. The topological polar surface area (TPSA) is 27.8 Å². The summed E-state index contributed by atoms with van der Waals surface area (Å²) in [6.45, 7) is 4.85. The molecule has 33 heavy (non-hydrogen) atoms. The summed E-state index contributed by atoms with van der Waals surface area (Å²) >= 11 is 1.85. The third kappa shape index (κ3) is 3.91. The maximum atomic E-state index is 6.26. The van der Waals surface area contributed by atoms with Gasteiger partial charge in [-0.3, -0.25) is 0 Å². The molecule has 0 amide bonds. The van der Waals surface area contributed by atoms with Crippen molar-refractivity contribution in [1.29, 1.82) is 0 Å². The monoisotopic (exact) mass is 456 g/mol. The highest BCUT2D eigenvalue weighted by Gasteiger charge is 2.30. The molecule has 4 nitrogen and oxygen atoms in total. The van der Waals surface area contributed by atoms with Gasteiger partial charge in [-0.05, 0) is 49.2 Å². The highest BCUT2D eigenvalue weighted by atomic mass is 32.1. The SMILES string of the molecule is CN(C)c1ccc2c(-c3ccccc3C3=NCC(C)(C)O3)c3ccc(=[N+](C)C)cc-3sc2c1. The molecule has 0 fully saturated rings. The number of fused-ring (bicyclic) bond motifs is 2. The van der Waals surface area contributed by atoms with E-state index < -0.39 is 0 Å². The van der Waals surface area contributed by atoms with Gasteiger partial charge in [0.05, 0.1) is 6.54 Å². The third-order valence-electron chi connectivity index (χ3n) is 6.12. The van der Waals surface area contributed by atoms with Gasteiger partial charge < -0.3 is 9.64 Å². The molecule has 168 valence electrons. The summed E-state index contributed by atoms with van der Waals surface area (Å²) in [5.74, 6) is 0.735. The minimum atomic E-state index is -0.271. The van der Waals surface area contributed by atoms with Gasteiger partial charge in [-0.2, -0.15) is 0 Å². The van der Waals surface area contributed by atoms with Crippen molar-refractivity contribution in [3.63, 3.8) is 0 Å². The molecule has 0 bridgehead atoms. The molecule has 0 radical (unpaired) electrons. The van der Waals surface area contributed by atoms with Gasteiger partial charge in [0.2, 0.25) is 11.3 Å². The van der Waals surface area contributed by atoms with Crippen molar-refractivity contribution < 1.29 is 4.74 Å². The smallest absolute Gasteiger partial charge is 0.217 e.